The Kier molecular flexibility index (Phi) is 4.90. The first kappa shape index (κ1) is 18.3. The molecule has 0 N–H and O–H groups in total. The van der Waals surface area contributed by atoms with E-state index >= 15 is 0 Å². The highest BCUT2D eigenvalue weighted by atomic mass is 35.5. The van der Waals surface area contributed by atoms with Crippen LogP contribution in [0.5, 0.6) is 0 Å². The summed E-state index contributed by atoms with van der Waals surface area (Å²) in [5.41, 5.74) is 4.20. The van der Waals surface area contributed by atoms with Crippen LogP contribution < -0.4 is 0 Å². The highest BCUT2D eigenvalue weighted by Crippen LogP contribution is 2.38. The number of hydrogen-bond acceptors (Lipinski definition) is 5. The van der Waals surface area contributed by atoms with Gasteiger partial charge in [-0.15, -0.1) is 11.3 Å². The van der Waals surface area contributed by atoms with Crippen molar-refractivity contribution in [2.75, 3.05) is 0 Å². The molecule has 0 aromatic carbocycles. The van der Waals surface area contributed by atoms with Crippen LogP contribution in [0, 0.1) is 0 Å². The quantitative estimate of drug-likeness (QED) is 0.319. The topological polar surface area (TPSA) is 56.0 Å². The number of fused-ring (bicyclic) bond motifs is 1. The second kappa shape index (κ2) is 7.50. The number of hydrogen-bond donors (Lipinski definition) is 0. The van der Waals surface area contributed by atoms with Gasteiger partial charge >= 0.3 is 0 Å². The maximum atomic E-state index is 6.43. The second-order valence-electron chi connectivity index (χ2n) is 6.02. The molecule has 28 heavy (non-hydrogen) atoms. The SMILES string of the molecule is C=C/C=C(\N=C)c1cc2ccc(-c3sc(-c4cccnc4)nc3Cl)nc2n1C. The molecule has 4 rings (SSSR count). The van der Waals surface area contributed by atoms with Crippen molar-refractivity contribution in [2.45, 2.75) is 0 Å². The first-order valence-corrected chi connectivity index (χ1v) is 9.65. The van der Waals surface area contributed by atoms with E-state index in [1.807, 2.05) is 48.0 Å². The van der Waals surface area contributed by atoms with E-state index in [0.717, 1.165) is 43.6 Å². The van der Waals surface area contributed by atoms with E-state index in [4.69, 9.17) is 16.6 Å². The third kappa shape index (κ3) is 3.17. The van der Waals surface area contributed by atoms with Gasteiger partial charge in [0, 0.05) is 30.4 Å². The van der Waals surface area contributed by atoms with Crippen LogP contribution in [0.15, 0.2) is 66.4 Å². The summed E-state index contributed by atoms with van der Waals surface area (Å²) in [5.74, 6) is 0. The molecule has 5 nitrogen and oxygen atoms in total. The number of aliphatic imine (C=N–C) groups is 1. The van der Waals surface area contributed by atoms with E-state index in [1.54, 1.807) is 18.5 Å². The van der Waals surface area contributed by atoms with Crippen LogP contribution in [0.4, 0.5) is 0 Å². The van der Waals surface area contributed by atoms with E-state index in [9.17, 15) is 0 Å². The van der Waals surface area contributed by atoms with Crippen LogP contribution in [0.3, 0.4) is 0 Å². The predicted molar refractivity (Wildman–Crippen MR) is 118 cm³/mol. The molecule has 0 amide bonds. The lowest BCUT2D eigenvalue weighted by molar-refractivity contribution is 0.927. The van der Waals surface area contributed by atoms with Crippen molar-refractivity contribution in [2.24, 2.45) is 12.0 Å². The summed E-state index contributed by atoms with van der Waals surface area (Å²) in [5, 5.41) is 2.26. The van der Waals surface area contributed by atoms with Crippen molar-refractivity contribution in [3.05, 3.63) is 72.3 Å². The maximum absolute atomic E-state index is 6.43. The molecule has 0 bridgehead atoms. The molecule has 4 aromatic heterocycles. The van der Waals surface area contributed by atoms with Gasteiger partial charge in [-0.3, -0.25) is 9.98 Å². The van der Waals surface area contributed by atoms with Gasteiger partial charge in [0.2, 0.25) is 0 Å². The summed E-state index contributed by atoms with van der Waals surface area (Å²) in [7, 11) is 1.95. The highest BCUT2D eigenvalue weighted by molar-refractivity contribution is 7.19. The zero-order valence-corrected chi connectivity index (χ0v) is 16.7. The van der Waals surface area contributed by atoms with Crippen molar-refractivity contribution < 1.29 is 0 Å². The normalized spacial score (nSPS) is 11.7. The Balaban J connectivity index is 1.82. The van der Waals surface area contributed by atoms with Crippen molar-refractivity contribution >= 4 is 46.4 Å². The minimum Gasteiger partial charge on any atom is -0.327 e. The summed E-state index contributed by atoms with van der Waals surface area (Å²) in [4.78, 5) is 18.4. The predicted octanol–water partition coefficient (Wildman–Crippen LogP) is 5.64. The standard InChI is InChI=1S/C21H16ClN5S/c1-4-6-15(23-2)17-11-13-8-9-16(25-20(13)27(17)3)18-19(22)26-21(28-18)14-7-5-10-24-12-14/h4-12H,1-2H2,3H3/b15-6-. The van der Waals surface area contributed by atoms with E-state index in [0.29, 0.717) is 5.15 Å². The highest BCUT2D eigenvalue weighted by Gasteiger charge is 2.16. The van der Waals surface area contributed by atoms with Crippen LogP contribution in [-0.4, -0.2) is 26.2 Å². The van der Waals surface area contributed by atoms with Gasteiger partial charge in [0.05, 0.1) is 22.0 Å². The molecule has 4 aromatic rings. The summed E-state index contributed by atoms with van der Waals surface area (Å²) in [6, 6.07) is 9.85. The van der Waals surface area contributed by atoms with Crippen molar-refractivity contribution in [3.8, 4) is 21.1 Å². The Labute approximate surface area is 171 Å². The largest absolute Gasteiger partial charge is 0.327 e. The lowest BCUT2D eigenvalue weighted by Gasteiger charge is -2.04. The zero-order valence-electron chi connectivity index (χ0n) is 15.1. The van der Waals surface area contributed by atoms with E-state index in [2.05, 4.69) is 28.3 Å². The molecule has 0 aliphatic heterocycles. The van der Waals surface area contributed by atoms with E-state index in [1.165, 1.54) is 11.3 Å². The van der Waals surface area contributed by atoms with Crippen LogP contribution in [0.25, 0.3) is 37.9 Å². The number of thiazole rings is 1. The van der Waals surface area contributed by atoms with E-state index < -0.39 is 0 Å². The van der Waals surface area contributed by atoms with Gasteiger partial charge in [-0.2, -0.15) is 0 Å². The number of nitrogens with zero attached hydrogens (tertiary/aromatic N) is 5. The van der Waals surface area contributed by atoms with Gasteiger partial charge in [-0.25, -0.2) is 9.97 Å². The number of pyridine rings is 2. The summed E-state index contributed by atoms with van der Waals surface area (Å²) < 4.78 is 1.99. The lowest BCUT2D eigenvalue weighted by Crippen LogP contribution is -1.96. The summed E-state index contributed by atoms with van der Waals surface area (Å²) >= 11 is 7.93. The molecule has 7 heteroatoms. The van der Waals surface area contributed by atoms with Gasteiger partial charge in [0.25, 0.3) is 0 Å². The molecular weight excluding hydrogens is 390 g/mol. The minimum absolute atomic E-state index is 0.435. The fourth-order valence-electron chi connectivity index (χ4n) is 2.97. The van der Waals surface area contributed by atoms with Crippen molar-refractivity contribution in [1.29, 1.82) is 0 Å². The average molecular weight is 406 g/mol. The Hall–Kier alpha value is -3.09. The van der Waals surface area contributed by atoms with Crippen LogP contribution in [-0.2, 0) is 7.05 Å². The van der Waals surface area contributed by atoms with Crippen LogP contribution >= 0.6 is 22.9 Å². The van der Waals surface area contributed by atoms with Gasteiger partial charge in [0.1, 0.15) is 15.8 Å². The number of aryl methyl sites for hydroxylation is 1. The molecule has 0 aliphatic rings. The molecular formula is C21H16ClN5S. The van der Waals surface area contributed by atoms with E-state index in [-0.39, 0.29) is 0 Å². The van der Waals surface area contributed by atoms with Crippen molar-refractivity contribution in [1.82, 2.24) is 19.5 Å². The van der Waals surface area contributed by atoms with Gasteiger partial charge in [-0.1, -0.05) is 24.3 Å². The molecule has 0 aliphatic carbocycles. The zero-order chi connectivity index (χ0) is 19.7. The smallest absolute Gasteiger partial charge is 0.150 e. The first-order chi connectivity index (χ1) is 13.6. The monoisotopic (exact) mass is 405 g/mol. The molecule has 0 atom stereocenters. The molecule has 0 unspecified atom stereocenters. The molecule has 0 radical (unpaired) electrons. The molecule has 0 saturated heterocycles. The minimum atomic E-state index is 0.435. The van der Waals surface area contributed by atoms with Gasteiger partial charge < -0.3 is 4.57 Å². The third-order valence-electron chi connectivity index (χ3n) is 4.31. The van der Waals surface area contributed by atoms with Crippen molar-refractivity contribution in [3.63, 3.8) is 0 Å². The molecule has 4 heterocycles. The maximum Gasteiger partial charge on any atom is 0.150 e. The van der Waals surface area contributed by atoms with Gasteiger partial charge in [0.15, 0.2) is 0 Å². The third-order valence-corrected chi connectivity index (χ3v) is 5.82. The Morgan fingerprint density at radius 2 is 2.14 bits per heavy atom. The Morgan fingerprint density at radius 1 is 1.29 bits per heavy atom. The molecule has 0 spiro atoms. The average Bonchev–Trinajstić information content (AvgIpc) is 3.27. The number of allylic oxidation sites excluding steroid dienone is 2. The first-order valence-electron chi connectivity index (χ1n) is 8.45. The fraction of sp³-hybridized carbons (Fsp3) is 0.0476. The van der Waals surface area contributed by atoms with Crippen LogP contribution in [0.2, 0.25) is 5.15 Å². The second-order valence-corrected chi connectivity index (χ2v) is 7.38. The lowest BCUT2D eigenvalue weighted by atomic mass is 10.2. The Bertz CT molecular complexity index is 1220. The molecule has 0 saturated carbocycles. The summed E-state index contributed by atoms with van der Waals surface area (Å²) in [6.45, 7) is 7.38. The number of rotatable bonds is 5. The number of aromatic nitrogens is 4. The number of halogens is 1. The summed E-state index contributed by atoms with van der Waals surface area (Å²) in [6.07, 6.45) is 7.02. The Morgan fingerprint density at radius 3 is 2.86 bits per heavy atom. The fourth-order valence-corrected chi connectivity index (χ4v) is 4.24. The molecule has 0 fully saturated rings. The van der Waals surface area contributed by atoms with Gasteiger partial charge in [-0.05, 0) is 43.1 Å². The van der Waals surface area contributed by atoms with Crippen LogP contribution in [0.1, 0.15) is 5.69 Å². The molecule has 138 valence electrons.